The van der Waals surface area contributed by atoms with Gasteiger partial charge >= 0.3 is 0 Å². The van der Waals surface area contributed by atoms with Crippen LogP contribution in [0, 0.1) is 0 Å². The number of piperazine rings is 1. The molecule has 1 saturated heterocycles. The van der Waals surface area contributed by atoms with Gasteiger partial charge in [0, 0.05) is 37.1 Å². The lowest BCUT2D eigenvalue weighted by Gasteiger charge is -2.33. The number of sulfonamides is 1. The number of thiophene rings is 1. The molecular formula is C21H20N4O3S2. The van der Waals surface area contributed by atoms with Crippen LogP contribution in [0.1, 0.15) is 5.89 Å². The third-order valence-corrected chi connectivity index (χ3v) is 7.87. The molecule has 7 nitrogen and oxygen atoms in total. The molecule has 0 radical (unpaired) electrons. The molecule has 3 heterocycles. The lowest BCUT2D eigenvalue weighted by atomic mass is 10.1. The number of hydrogen-bond acceptors (Lipinski definition) is 7. The van der Waals surface area contributed by atoms with Crippen molar-refractivity contribution >= 4 is 32.1 Å². The second-order valence-electron chi connectivity index (χ2n) is 7.21. The second-order valence-corrected chi connectivity index (χ2v) is 9.93. The lowest BCUT2D eigenvalue weighted by Crippen LogP contribution is -2.48. The highest BCUT2D eigenvalue weighted by molar-refractivity contribution is 7.89. The first kappa shape index (κ1) is 19.4. The summed E-state index contributed by atoms with van der Waals surface area (Å²) in [5.74, 6) is 1.13. The lowest BCUT2D eigenvalue weighted by molar-refractivity contribution is 0.163. The fraction of sp³-hybridized carbons (Fsp3) is 0.238. The van der Waals surface area contributed by atoms with Gasteiger partial charge in [-0.15, -0.1) is 0 Å². The van der Waals surface area contributed by atoms with Crippen LogP contribution in [0.25, 0.3) is 22.2 Å². The highest BCUT2D eigenvalue weighted by Crippen LogP contribution is 2.23. The number of rotatable bonds is 5. The second kappa shape index (κ2) is 7.92. The summed E-state index contributed by atoms with van der Waals surface area (Å²) in [6.45, 7) is 2.61. The van der Waals surface area contributed by atoms with Gasteiger partial charge in [-0.3, -0.25) is 4.90 Å². The van der Waals surface area contributed by atoms with Crippen molar-refractivity contribution in [3.63, 3.8) is 0 Å². The van der Waals surface area contributed by atoms with Crippen LogP contribution in [0.5, 0.6) is 0 Å². The van der Waals surface area contributed by atoms with Gasteiger partial charge in [0.25, 0.3) is 0 Å². The van der Waals surface area contributed by atoms with Crippen LogP contribution in [0.3, 0.4) is 0 Å². The van der Waals surface area contributed by atoms with Crippen LogP contribution in [-0.2, 0) is 16.6 Å². The molecule has 0 unspecified atom stereocenters. The normalized spacial score (nSPS) is 16.3. The zero-order valence-electron chi connectivity index (χ0n) is 16.1. The number of aromatic nitrogens is 2. The standard InChI is InChI=1S/C21H20N4O3S2/c26-30(27,19-6-5-16-3-1-2-4-17(16)13-19)25-10-8-24(9-11-25)14-20-22-21(23-28-20)18-7-12-29-15-18/h1-7,12-13,15H,8-11,14H2. The Hall–Kier alpha value is -2.59. The van der Waals surface area contributed by atoms with Crippen molar-refractivity contribution in [1.82, 2.24) is 19.3 Å². The maximum atomic E-state index is 13.1. The van der Waals surface area contributed by atoms with Gasteiger partial charge in [-0.25, -0.2) is 8.42 Å². The molecule has 2 aromatic heterocycles. The predicted octanol–water partition coefficient (Wildman–Crippen LogP) is 3.46. The van der Waals surface area contributed by atoms with Crippen molar-refractivity contribution in [1.29, 1.82) is 0 Å². The minimum Gasteiger partial charge on any atom is -0.338 e. The maximum absolute atomic E-state index is 13.1. The molecule has 1 aliphatic rings. The van der Waals surface area contributed by atoms with Gasteiger partial charge in [0.1, 0.15) is 0 Å². The van der Waals surface area contributed by atoms with E-state index >= 15 is 0 Å². The summed E-state index contributed by atoms with van der Waals surface area (Å²) < 4.78 is 33.1. The van der Waals surface area contributed by atoms with E-state index in [1.54, 1.807) is 27.8 Å². The molecule has 1 fully saturated rings. The van der Waals surface area contributed by atoms with Crippen molar-refractivity contribution in [2.24, 2.45) is 0 Å². The Balaban J connectivity index is 1.24. The number of benzene rings is 2. The summed E-state index contributed by atoms with van der Waals surface area (Å²) in [4.78, 5) is 6.92. The molecule has 30 heavy (non-hydrogen) atoms. The average molecular weight is 441 g/mol. The quantitative estimate of drug-likeness (QED) is 0.473. The van der Waals surface area contributed by atoms with E-state index in [1.165, 1.54) is 0 Å². The zero-order chi connectivity index (χ0) is 20.6. The molecule has 0 aliphatic carbocycles. The average Bonchev–Trinajstić information content (AvgIpc) is 3.46. The summed E-state index contributed by atoms with van der Waals surface area (Å²) in [7, 11) is -3.52. The molecule has 0 amide bonds. The van der Waals surface area contributed by atoms with Crippen molar-refractivity contribution in [2.75, 3.05) is 26.2 Å². The van der Waals surface area contributed by atoms with Crippen molar-refractivity contribution in [3.8, 4) is 11.4 Å². The molecular weight excluding hydrogens is 420 g/mol. The third kappa shape index (κ3) is 3.77. The van der Waals surface area contributed by atoms with Crippen LogP contribution >= 0.6 is 11.3 Å². The Labute approximate surface area is 178 Å². The molecule has 9 heteroatoms. The van der Waals surface area contributed by atoms with Gasteiger partial charge in [-0.1, -0.05) is 35.5 Å². The largest absolute Gasteiger partial charge is 0.338 e. The molecule has 0 atom stereocenters. The Morgan fingerprint density at radius 3 is 2.57 bits per heavy atom. The summed E-state index contributed by atoms with van der Waals surface area (Å²) >= 11 is 1.59. The first-order valence-electron chi connectivity index (χ1n) is 9.66. The Morgan fingerprint density at radius 1 is 1.00 bits per heavy atom. The van der Waals surface area contributed by atoms with E-state index < -0.39 is 10.0 Å². The van der Waals surface area contributed by atoms with Crippen molar-refractivity contribution in [2.45, 2.75) is 11.4 Å². The molecule has 0 spiro atoms. The molecule has 0 N–H and O–H groups in total. The zero-order valence-corrected chi connectivity index (χ0v) is 17.8. The smallest absolute Gasteiger partial charge is 0.243 e. The predicted molar refractivity (Wildman–Crippen MR) is 116 cm³/mol. The Kier molecular flexibility index (Phi) is 5.11. The van der Waals surface area contributed by atoms with E-state index in [0.717, 1.165) is 16.3 Å². The first-order chi connectivity index (χ1) is 14.6. The third-order valence-electron chi connectivity index (χ3n) is 5.30. The SMILES string of the molecule is O=S(=O)(c1ccc2ccccc2c1)N1CCN(Cc2nc(-c3ccsc3)no2)CC1. The number of fused-ring (bicyclic) bond motifs is 1. The molecule has 0 saturated carbocycles. The van der Waals surface area contributed by atoms with Crippen molar-refractivity contribution < 1.29 is 12.9 Å². The van der Waals surface area contributed by atoms with E-state index in [0.29, 0.717) is 49.3 Å². The van der Waals surface area contributed by atoms with Crippen molar-refractivity contribution in [3.05, 3.63) is 65.2 Å². The maximum Gasteiger partial charge on any atom is 0.243 e. The van der Waals surface area contributed by atoms with E-state index in [2.05, 4.69) is 15.0 Å². The molecule has 4 aromatic rings. The van der Waals surface area contributed by atoms with Crippen LogP contribution < -0.4 is 0 Å². The van der Waals surface area contributed by atoms with Crippen LogP contribution in [0.2, 0.25) is 0 Å². The highest BCUT2D eigenvalue weighted by Gasteiger charge is 2.29. The summed E-state index contributed by atoms with van der Waals surface area (Å²) in [5, 5.41) is 9.94. The number of nitrogens with zero attached hydrogens (tertiary/aromatic N) is 4. The summed E-state index contributed by atoms with van der Waals surface area (Å²) in [6.07, 6.45) is 0. The fourth-order valence-corrected chi connectivity index (χ4v) is 5.72. The van der Waals surface area contributed by atoms with Gasteiger partial charge in [0.2, 0.25) is 21.7 Å². The van der Waals surface area contributed by atoms with E-state index in [4.69, 9.17) is 4.52 Å². The highest BCUT2D eigenvalue weighted by atomic mass is 32.2. The minimum absolute atomic E-state index is 0.340. The van der Waals surface area contributed by atoms with Gasteiger partial charge < -0.3 is 4.52 Å². The van der Waals surface area contributed by atoms with Crippen LogP contribution in [-0.4, -0.2) is 53.9 Å². The number of hydrogen-bond donors (Lipinski definition) is 0. The minimum atomic E-state index is -3.52. The Bertz CT molecular complexity index is 1260. The molecule has 5 rings (SSSR count). The summed E-state index contributed by atoms with van der Waals surface area (Å²) in [6, 6.07) is 15.0. The molecule has 154 valence electrons. The van der Waals surface area contributed by atoms with Crippen LogP contribution in [0.4, 0.5) is 0 Å². The molecule has 1 aliphatic heterocycles. The van der Waals surface area contributed by atoms with Gasteiger partial charge in [0.15, 0.2) is 0 Å². The molecule has 0 bridgehead atoms. The van der Waals surface area contributed by atoms with Gasteiger partial charge in [-0.2, -0.15) is 20.6 Å². The summed E-state index contributed by atoms with van der Waals surface area (Å²) in [5.41, 5.74) is 0.946. The fourth-order valence-electron chi connectivity index (χ4n) is 3.62. The van der Waals surface area contributed by atoms with E-state index in [1.807, 2.05) is 47.2 Å². The van der Waals surface area contributed by atoms with E-state index in [9.17, 15) is 8.42 Å². The molecule has 2 aromatic carbocycles. The van der Waals surface area contributed by atoms with E-state index in [-0.39, 0.29) is 0 Å². The Morgan fingerprint density at radius 2 is 1.80 bits per heavy atom. The van der Waals surface area contributed by atoms with Gasteiger partial charge in [-0.05, 0) is 34.4 Å². The topological polar surface area (TPSA) is 79.5 Å². The first-order valence-corrected chi connectivity index (χ1v) is 12.0. The van der Waals surface area contributed by atoms with Gasteiger partial charge in [0.05, 0.1) is 11.4 Å². The monoisotopic (exact) mass is 440 g/mol. The van der Waals surface area contributed by atoms with Crippen LogP contribution in [0.15, 0.2) is 68.7 Å².